The van der Waals surface area contributed by atoms with Gasteiger partial charge in [0.2, 0.25) is 5.90 Å². The van der Waals surface area contributed by atoms with E-state index in [2.05, 4.69) is 23.7 Å². The number of rotatable bonds is 8. The number of nitrogens with zero attached hydrogens (tertiary/aromatic N) is 2. The summed E-state index contributed by atoms with van der Waals surface area (Å²) >= 11 is 0. The Morgan fingerprint density at radius 3 is 2.03 bits per heavy atom. The topological polar surface area (TPSA) is 54.3 Å². The minimum absolute atomic E-state index is 0.213. The van der Waals surface area contributed by atoms with Crippen LogP contribution in [0.3, 0.4) is 0 Å². The van der Waals surface area contributed by atoms with Crippen LogP contribution >= 0.6 is 0 Å². The smallest absolute Gasteiger partial charge is 0.216 e. The molecule has 0 radical (unpaired) electrons. The van der Waals surface area contributed by atoms with Gasteiger partial charge < -0.3 is 19.5 Å². The molecule has 5 heteroatoms. The van der Waals surface area contributed by atoms with Gasteiger partial charge >= 0.3 is 0 Å². The zero-order valence-electron chi connectivity index (χ0n) is 19.8. The maximum absolute atomic E-state index is 12.1. The van der Waals surface area contributed by atoms with Crippen molar-refractivity contribution in [2.24, 2.45) is 4.99 Å². The minimum atomic E-state index is -1.31. The molecule has 5 nitrogen and oxygen atoms in total. The van der Waals surface area contributed by atoms with Gasteiger partial charge in [-0.25, -0.2) is 4.99 Å². The molecule has 0 bridgehead atoms. The number of aliphatic imine (C=N–C) groups is 1. The average Bonchev–Trinajstić information content (AvgIpc) is 3.19. The van der Waals surface area contributed by atoms with Gasteiger partial charge in [0.05, 0.1) is 5.54 Å². The largest absolute Gasteiger partial charge is 0.492 e. The molecule has 1 heterocycles. The van der Waals surface area contributed by atoms with Crippen LogP contribution in [0.2, 0.25) is 0 Å². The molecule has 0 fully saturated rings. The highest BCUT2D eigenvalue weighted by Gasteiger charge is 2.34. The van der Waals surface area contributed by atoms with Crippen molar-refractivity contribution in [3.8, 4) is 5.75 Å². The SMILES string of the molecule is CN(C)CCOc1ccc(C(O)(c2ccccc2)c2ccc(C3=NC(C)(C)CO3)cc2)cc1. The van der Waals surface area contributed by atoms with Crippen LogP contribution in [0.1, 0.15) is 36.1 Å². The van der Waals surface area contributed by atoms with Crippen molar-refractivity contribution in [3.63, 3.8) is 0 Å². The molecule has 3 aromatic rings. The lowest BCUT2D eigenvalue weighted by molar-refractivity contribution is 0.125. The fraction of sp³-hybridized carbons (Fsp3) is 0.321. The van der Waals surface area contributed by atoms with Crippen LogP contribution in [-0.2, 0) is 10.3 Å². The summed E-state index contributed by atoms with van der Waals surface area (Å²) in [4.78, 5) is 6.74. The molecule has 1 N–H and O–H groups in total. The van der Waals surface area contributed by atoms with E-state index in [-0.39, 0.29) is 5.54 Å². The monoisotopic (exact) mass is 444 g/mol. The minimum Gasteiger partial charge on any atom is -0.492 e. The van der Waals surface area contributed by atoms with Crippen LogP contribution in [0, 0.1) is 0 Å². The highest BCUT2D eigenvalue weighted by molar-refractivity contribution is 5.95. The second-order valence-corrected chi connectivity index (χ2v) is 9.35. The van der Waals surface area contributed by atoms with Gasteiger partial charge in [-0.3, -0.25) is 0 Å². The van der Waals surface area contributed by atoms with E-state index in [4.69, 9.17) is 9.47 Å². The second-order valence-electron chi connectivity index (χ2n) is 9.35. The molecular weight excluding hydrogens is 412 g/mol. The zero-order valence-corrected chi connectivity index (χ0v) is 19.8. The molecule has 0 saturated carbocycles. The van der Waals surface area contributed by atoms with E-state index in [1.54, 1.807) is 0 Å². The van der Waals surface area contributed by atoms with Crippen molar-refractivity contribution in [2.45, 2.75) is 25.0 Å². The van der Waals surface area contributed by atoms with Crippen LogP contribution in [0.4, 0.5) is 0 Å². The van der Waals surface area contributed by atoms with E-state index >= 15 is 0 Å². The second kappa shape index (κ2) is 9.38. The van der Waals surface area contributed by atoms with Gasteiger partial charge in [0.25, 0.3) is 0 Å². The third-order valence-corrected chi connectivity index (χ3v) is 5.79. The van der Waals surface area contributed by atoms with Crippen LogP contribution < -0.4 is 4.74 Å². The molecular formula is C28H32N2O3. The van der Waals surface area contributed by atoms with Gasteiger partial charge in [-0.1, -0.05) is 54.6 Å². The molecule has 0 aromatic heterocycles. The highest BCUT2D eigenvalue weighted by Crippen LogP contribution is 2.37. The van der Waals surface area contributed by atoms with Gasteiger partial charge in [-0.05, 0) is 68.9 Å². The van der Waals surface area contributed by atoms with Gasteiger partial charge in [-0.15, -0.1) is 0 Å². The summed E-state index contributed by atoms with van der Waals surface area (Å²) in [7, 11) is 4.04. The van der Waals surface area contributed by atoms with Gasteiger partial charge in [0.15, 0.2) is 0 Å². The van der Waals surface area contributed by atoms with E-state index in [0.29, 0.717) is 19.1 Å². The third kappa shape index (κ3) is 5.10. The number of benzene rings is 3. The normalized spacial score (nSPS) is 16.7. The van der Waals surface area contributed by atoms with Gasteiger partial charge in [0, 0.05) is 12.1 Å². The number of aliphatic hydroxyl groups is 1. The predicted octanol–water partition coefficient (Wildman–Crippen LogP) is 4.47. The molecule has 0 aliphatic carbocycles. The first-order valence-corrected chi connectivity index (χ1v) is 11.3. The summed E-state index contributed by atoms with van der Waals surface area (Å²) in [5, 5.41) is 12.1. The van der Waals surface area contributed by atoms with E-state index in [1.165, 1.54) is 0 Å². The summed E-state index contributed by atoms with van der Waals surface area (Å²) in [6.45, 7) is 6.13. The zero-order chi connectivity index (χ0) is 23.5. The first-order chi connectivity index (χ1) is 15.8. The first-order valence-electron chi connectivity index (χ1n) is 11.3. The Morgan fingerprint density at radius 2 is 1.48 bits per heavy atom. The van der Waals surface area contributed by atoms with Crippen molar-refractivity contribution in [1.82, 2.24) is 4.90 Å². The number of hydrogen-bond donors (Lipinski definition) is 1. The maximum Gasteiger partial charge on any atom is 0.216 e. The predicted molar refractivity (Wildman–Crippen MR) is 132 cm³/mol. The van der Waals surface area contributed by atoms with Crippen molar-refractivity contribution in [2.75, 3.05) is 33.9 Å². The van der Waals surface area contributed by atoms with Crippen LogP contribution in [0.15, 0.2) is 83.9 Å². The van der Waals surface area contributed by atoms with Gasteiger partial charge in [0.1, 0.15) is 24.6 Å². The van der Waals surface area contributed by atoms with E-state index < -0.39 is 5.60 Å². The van der Waals surface area contributed by atoms with Crippen molar-refractivity contribution in [3.05, 3.63) is 101 Å². The maximum atomic E-state index is 12.1. The summed E-state index contributed by atoms with van der Waals surface area (Å²) in [6.07, 6.45) is 0. The lowest BCUT2D eigenvalue weighted by Crippen LogP contribution is -2.29. The molecule has 0 spiro atoms. The fourth-order valence-electron chi connectivity index (χ4n) is 3.90. The Morgan fingerprint density at radius 1 is 0.909 bits per heavy atom. The van der Waals surface area contributed by atoms with Crippen molar-refractivity contribution >= 4 is 5.90 Å². The number of ether oxygens (including phenoxy) is 2. The van der Waals surface area contributed by atoms with E-state index in [9.17, 15) is 5.11 Å². The Bertz CT molecular complexity index is 1090. The highest BCUT2D eigenvalue weighted by atomic mass is 16.5. The Balaban J connectivity index is 1.66. The number of likely N-dealkylation sites (N-methyl/N-ethyl adjacent to an activating group) is 1. The van der Waals surface area contributed by atoms with E-state index in [0.717, 1.165) is 34.5 Å². The molecule has 3 aromatic carbocycles. The molecule has 1 unspecified atom stereocenters. The summed E-state index contributed by atoms with van der Waals surface area (Å²) in [6, 6.07) is 25.2. The quantitative estimate of drug-likeness (QED) is 0.521. The standard InChI is InChI=1S/C28H32N2O3/c1-27(2)20-33-26(29-27)21-10-12-23(13-11-21)28(31,22-8-6-5-7-9-22)24-14-16-25(17-15-24)32-19-18-30(3)4/h5-17,31H,18-20H2,1-4H3. The fourth-order valence-corrected chi connectivity index (χ4v) is 3.90. The molecule has 4 rings (SSSR count). The van der Waals surface area contributed by atoms with Crippen LogP contribution in [0.5, 0.6) is 5.75 Å². The Labute approximate surface area is 196 Å². The summed E-state index contributed by atoms with van der Waals surface area (Å²) < 4.78 is 11.6. The summed E-state index contributed by atoms with van der Waals surface area (Å²) in [5.74, 6) is 1.43. The average molecular weight is 445 g/mol. The molecule has 0 amide bonds. The Kier molecular flexibility index (Phi) is 6.54. The Hall–Kier alpha value is -3.15. The van der Waals surface area contributed by atoms with Crippen molar-refractivity contribution in [1.29, 1.82) is 0 Å². The molecule has 1 aliphatic heterocycles. The van der Waals surface area contributed by atoms with E-state index in [1.807, 2.05) is 93.0 Å². The van der Waals surface area contributed by atoms with Crippen LogP contribution in [0.25, 0.3) is 0 Å². The van der Waals surface area contributed by atoms with Crippen LogP contribution in [-0.4, -0.2) is 55.3 Å². The lowest BCUT2D eigenvalue weighted by Gasteiger charge is -2.30. The molecule has 1 atom stereocenters. The van der Waals surface area contributed by atoms with Crippen molar-refractivity contribution < 1.29 is 14.6 Å². The first kappa shape index (κ1) is 23.0. The molecule has 1 aliphatic rings. The molecule has 172 valence electrons. The summed E-state index contributed by atoms with van der Waals surface area (Å²) in [5.41, 5.74) is 1.74. The number of hydrogen-bond acceptors (Lipinski definition) is 5. The molecule has 33 heavy (non-hydrogen) atoms. The third-order valence-electron chi connectivity index (χ3n) is 5.79. The molecule has 0 saturated heterocycles. The lowest BCUT2D eigenvalue weighted by atomic mass is 9.80. The van der Waals surface area contributed by atoms with Gasteiger partial charge in [-0.2, -0.15) is 0 Å².